The van der Waals surface area contributed by atoms with Crippen molar-refractivity contribution in [3.63, 3.8) is 0 Å². The van der Waals surface area contributed by atoms with E-state index in [1.54, 1.807) is 0 Å². The molecule has 0 radical (unpaired) electrons. The average molecular weight is 383 g/mol. The van der Waals surface area contributed by atoms with E-state index in [1.807, 2.05) is 0 Å². The molecular weight excluding hydrogens is 375 g/mol. The van der Waals surface area contributed by atoms with Crippen LogP contribution in [0.3, 0.4) is 0 Å². The number of hydrogen-bond acceptors (Lipinski definition) is 10. The van der Waals surface area contributed by atoms with E-state index in [0.29, 0.717) is 0 Å². The van der Waals surface area contributed by atoms with Gasteiger partial charge in [-0.05, 0) is 0 Å². The Morgan fingerprint density at radius 2 is 0.955 bits per heavy atom. The Labute approximate surface area is 168 Å². The normalized spacial score (nSPS) is 17.9. The summed E-state index contributed by atoms with van der Waals surface area (Å²) in [6.45, 7) is 0. The molecular formula is H8B4Na2O14P2. The molecule has 0 saturated carbocycles. The van der Waals surface area contributed by atoms with Gasteiger partial charge in [0, 0.05) is 0 Å². The van der Waals surface area contributed by atoms with Gasteiger partial charge in [-0.1, -0.05) is 0 Å². The Morgan fingerprint density at radius 3 is 1.14 bits per heavy atom. The molecule has 0 unspecified atom stereocenters. The predicted octanol–water partition coefficient (Wildman–Crippen LogP) is -5.09. The van der Waals surface area contributed by atoms with Crippen molar-refractivity contribution in [2.45, 2.75) is 0 Å². The van der Waals surface area contributed by atoms with Gasteiger partial charge in [0.25, 0.3) is 0 Å². The molecule has 0 aromatic heterocycles. The third kappa shape index (κ3) is 12.6. The zero-order chi connectivity index (χ0) is 15.6. The molecule has 0 aliphatic carbocycles. The van der Waals surface area contributed by atoms with Gasteiger partial charge in [0.05, 0.1) is 0 Å². The van der Waals surface area contributed by atoms with E-state index in [4.69, 9.17) is 29.6 Å². The first-order chi connectivity index (χ1) is 8.94. The standard InChI is InChI=1S/B4H2O7.2Na.H4O7P2.2H/c5-1-7-3-9-2(6)10-4(8-1)11-3;;;1-8(2,3)7-9(4,5)6;;/h5-6H;;;(H2,1,2,3)(H2,4,5,6);;. The monoisotopic (exact) mass is 384 g/mol. The van der Waals surface area contributed by atoms with E-state index in [0.717, 1.165) is 0 Å². The molecule has 0 aromatic carbocycles. The Kier molecular flexibility index (Phi) is 13.3. The second-order valence-corrected chi connectivity index (χ2v) is 5.55. The van der Waals surface area contributed by atoms with E-state index in [9.17, 15) is 9.13 Å². The summed E-state index contributed by atoms with van der Waals surface area (Å²) in [5.74, 6) is 0. The predicted molar refractivity (Wildman–Crippen MR) is 72.3 cm³/mol. The van der Waals surface area contributed by atoms with Gasteiger partial charge in [-0.3, -0.25) is 0 Å². The Hall–Kier alpha value is 2.24. The first kappa shape index (κ1) is 26.5. The summed E-state index contributed by atoms with van der Waals surface area (Å²) < 4.78 is 44.8. The molecule has 2 bridgehead atoms. The maximum absolute atomic E-state index is 9.63. The first-order valence-electron chi connectivity index (χ1n) is 4.40. The molecule has 0 aromatic rings. The summed E-state index contributed by atoms with van der Waals surface area (Å²) in [7, 11) is -15.3. The van der Waals surface area contributed by atoms with E-state index < -0.39 is 44.9 Å². The van der Waals surface area contributed by atoms with Crippen LogP contribution in [0.5, 0.6) is 0 Å². The van der Waals surface area contributed by atoms with E-state index in [-0.39, 0.29) is 59.1 Å². The van der Waals surface area contributed by atoms with E-state index in [2.05, 4.69) is 27.2 Å². The summed E-state index contributed by atoms with van der Waals surface area (Å²) in [5, 5.41) is 17.5. The fraction of sp³-hybridized carbons (Fsp3) is 0. The van der Waals surface area contributed by atoms with Gasteiger partial charge in [0.2, 0.25) is 0 Å². The van der Waals surface area contributed by atoms with Crippen molar-refractivity contribution < 1.29 is 65.9 Å². The Bertz CT molecular complexity index is 354. The molecule has 2 aliphatic rings. The fourth-order valence-electron chi connectivity index (χ4n) is 0.866. The van der Waals surface area contributed by atoms with Crippen LogP contribution in [-0.2, 0) is 36.3 Å². The van der Waals surface area contributed by atoms with Crippen molar-refractivity contribution in [3.05, 3.63) is 0 Å². The summed E-state index contributed by atoms with van der Waals surface area (Å²) in [6, 6.07) is 0. The van der Waals surface area contributed by atoms with Crippen LogP contribution in [0.15, 0.2) is 0 Å². The van der Waals surface area contributed by atoms with Crippen molar-refractivity contribution in [1.82, 2.24) is 0 Å². The second kappa shape index (κ2) is 11.1. The molecule has 2 saturated heterocycles. The fourth-order valence-corrected chi connectivity index (χ4v) is 1.97. The van der Waals surface area contributed by atoms with Gasteiger partial charge in [-0.25, -0.2) is 9.13 Å². The van der Waals surface area contributed by atoms with Crippen LogP contribution in [0, 0.1) is 0 Å². The molecule has 22 heteroatoms. The third-order valence-electron chi connectivity index (χ3n) is 1.35. The minimum absolute atomic E-state index is 0. The zero-order valence-corrected chi connectivity index (χ0v) is 10.9. The molecule has 0 atom stereocenters. The van der Waals surface area contributed by atoms with Crippen molar-refractivity contribution in [2.75, 3.05) is 0 Å². The third-order valence-corrected chi connectivity index (χ3v) is 3.05. The van der Waals surface area contributed by atoms with Gasteiger partial charge in [0.1, 0.15) is 0 Å². The zero-order valence-electron chi connectivity index (χ0n) is 9.15. The molecule has 2 aliphatic heterocycles. The average Bonchev–Trinajstić information content (AvgIpc) is 2.08. The van der Waals surface area contributed by atoms with Crippen molar-refractivity contribution in [1.29, 1.82) is 0 Å². The molecule has 2 fully saturated rings. The molecule has 0 spiro atoms. The van der Waals surface area contributed by atoms with Crippen LogP contribution >= 0.6 is 15.6 Å². The van der Waals surface area contributed by atoms with Gasteiger partial charge in [0.15, 0.2) is 0 Å². The maximum atomic E-state index is 9.63. The van der Waals surface area contributed by atoms with Crippen molar-refractivity contribution >= 4 is 104 Å². The van der Waals surface area contributed by atoms with Crippen LogP contribution in [-0.4, -0.2) is 118 Å². The Morgan fingerprint density at radius 1 is 0.682 bits per heavy atom. The van der Waals surface area contributed by atoms with E-state index in [1.165, 1.54) is 0 Å². The summed E-state index contributed by atoms with van der Waals surface area (Å²) >= 11 is 0. The van der Waals surface area contributed by atoms with Crippen LogP contribution < -0.4 is 0 Å². The summed E-state index contributed by atoms with van der Waals surface area (Å²) in [5.41, 5.74) is 0. The van der Waals surface area contributed by atoms with Crippen LogP contribution in [0.4, 0.5) is 0 Å². The van der Waals surface area contributed by atoms with Gasteiger partial charge in [-0.2, -0.15) is 4.31 Å². The molecule has 6 N–H and O–H groups in total. The molecule has 2 heterocycles. The molecule has 2 rings (SSSR count). The summed E-state index contributed by atoms with van der Waals surface area (Å²) in [4.78, 5) is 31.0. The number of phosphoric acid groups is 2. The van der Waals surface area contributed by atoms with Gasteiger partial charge < -0.3 is 52.5 Å². The topological polar surface area (TPSA) is 211 Å². The molecule has 22 heavy (non-hydrogen) atoms. The van der Waals surface area contributed by atoms with Crippen molar-refractivity contribution in [3.8, 4) is 0 Å². The number of rotatable bonds is 2. The number of hydrogen-bond donors (Lipinski definition) is 6. The molecule has 116 valence electrons. The van der Waals surface area contributed by atoms with Gasteiger partial charge in [-0.15, -0.1) is 0 Å². The van der Waals surface area contributed by atoms with Crippen LogP contribution in [0.2, 0.25) is 0 Å². The summed E-state index contributed by atoms with van der Waals surface area (Å²) in [6.07, 6.45) is 0. The van der Waals surface area contributed by atoms with Crippen molar-refractivity contribution in [2.24, 2.45) is 0 Å². The Balaban J connectivity index is 0. The SMILES string of the molecule is O=P(O)(O)OP(=O)(O)O.OB1OB2OB(O)OB(O1)O2.[NaH].[NaH]. The second-order valence-electron chi connectivity index (χ2n) is 2.93. The van der Waals surface area contributed by atoms with E-state index >= 15 is 0 Å². The number of fused-ring (bicyclic) bond motifs is 2. The minimum atomic E-state index is -5.05. The molecule has 0 amide bonds. The van der Waals surface area contributed by atoms with Gasteiger partial charge >= 0.3 is 104 Å². The van der Waals surface area contributed by atoms with Crippen LogP contribution in [0.25, 0.3) is 0 Å². The first-order valence-corrected chi connectivity index (χ1v) is 7.46. The van der Waals surface area contributed by atoms with Crippen LogP contribution in [0.1, 0.15) is 0 Å². The quantitative estimate of drug-likeness (QED) is 0.195. The molecule has 14 nitrogen and oxygen atoms in total.